The standard InChI is InChI=1S/C24H40O3/c1-23-12-10-17(27-22-5-3-4-14-26-22)15-16(23)6-7-18-19-8-9-21(25)24(19,2)13-11-20(18)23/h16-22,25H,3-15H2,1-2H3/t16-,17+,18-,19-,20-,21+,22+,23-,24-/m0/s1. The third kappa shape index (κ3) is 3.02. The van der Waals surface area contributed by atoms with Crippen LogP contribution in [0.2, 0.25) is 0 Å². The molecule has 5 aliphatic rings. The van der Waals surface area contributed by atoms with Gasteiger partial charge in [0.25, 0.3) is 0 Å². The molecule has 3 nitrogen and oxygen atoms in total. The van der Waals surface area contributed by atoms with Crippen molar-refractivity contribution in [3.8, 4) is 0 Å². The van der Waals surface area contributed by atoms with Gasteiger partial charge in [0, 0.05) is 6.61 Å². The minimum atomic E-state index is -0.0476. The fourth-order valence-corrected chi connectivity index (χ4v) is 8.35. The lowest BCUT2D eigenvalue weighted by atomic mass is 9.45. The molecule has 0 radical (unpaired) electrons. The predicted octanol–water partition coefficient (Wildman–Crippen LogP) is 5.30. The van der Waals surface area contributed by atoms with Crippen LogP contribution in [0.5, 0.6) is 0 Å². The van der Waals surface area contributed by atoms with E-state index in [1.165, 1.54) is 64.2 Å². The third-order valence-electron chi connectivity index (χ3n) is 10.0. The van der Waals surface area contributed by atoms with Gasteiger partial charge in [-0.15, -0.1) is 0 Å². The summed E-state index contributed by atoms with van der Waals surface area (Å²) in [5.41, 5.74) is 0.716. The normalized spacial score (nSPS) is 55.4. The monoisotopic (exact) mass is 376 g/mol. The summed E-state index contributed by atoms with van der Waals surface area (Å²) in [7, 11) is 0. The van der Waals surface area contributed by atoms with Gasteiger partial charge >= 0.3 is 0 Å². The molecule has 1 N–H and O–H groups in total. The molecule has 154 valence electrons. The molecule has 0 bridgehead atoms. The molecule has 1 aliphatic heterocycles. The Morgan fingerprint density at radius 1 is 0.852 bits per heavy atom. The van der Waals surface area contributed by atoms with Gasteiger partial charge in [0.05, 0.1) is 12.2 Å². The summed E-state index contributed by atoms with van der Waals surface area (Å²) in [6, 6.07) is 0. The summed E-state index contributed by atoms with van der Waals surface area (Å²) in [4.78, 5) is 0. The number of hydrogen-bond donors (Lipinski definition) is 1. The second-order valence-electron chi connectivity index (χ2n) is 11.1. The topological polar surface area (TPSA) is 38.7 Å². The van der Waals surface area contributed by atoms with E-state index in [1.807, 2.05) is 0 Å². The van der Waals surface area contributed by atoms with Crippen molar-refractivity contribution in [2.45, 2.75) is 109 Å². The Morgan fingerprint density at radius 2 is 1.67 bits per heavy atom. The van der Waals surface area contributed by atoms with Crippen molar-refractivity contribution in [3.05, 3.63) is 0 Å². The van der Waals surface area contributed by atoms with E-state index in [2.05, 4.69) is 13.8 Å². The fourth-order valence-electron chi connectivity index (χ4n) is 8.35. The van der Waals surface area contributed by atoms with Crippen LogP contribution in [0.25, 0.3) is 0 Å². The van der Waals surface area contributed by atoms with Crippen LogP contribution in [0.15, 0.2) is 0 Å². The Kier molecular flexibility index (Phi) is 4.89. The maximum absolute atomic E-state index is 10.6. The number of rotatable bonds is 2. The molecule has 1 heterocycles. The molecule has 0 unspecified atom stereocenters. The van der Waals surface area contributed by atoms with E-state index in [0.29, 0.717) is 11.5 Å². The zero-order chi connectivity index (χ0) is 18.6. The molecule has 1 saturated heterocycles. The SMILES string of the molecule is C[C@]12CC[C@@H](O[C@@H]3CCCCO3)C[C@@H]1CC[C@@H]1[C@@H]2CC[C@]2(C)[C@H](O)CC[C@@H]12. The zero-order valence-corrected chi connectivity index (χ0v) is 17.5. The Balaban J connectivity index is 1.27. The maximum Gasteiger partial charge on any atom is 0.157 e. The quantitative estimate of drug-likeness (QED) is 0.665. The fraction of sp³-hybridized carbons (Fsp3) is 1.00. The van der Waals surface area contributed by atoms with E-state index in [9.17, 15) is 5.11 Å². The first-order valence-electron chi connectivity index (χ1n) is 12.0. The Bertz CT molecular complexity index is 544. The van der Waals surface area contributed by atoms with E-state index in [4.69, 9.17) is 9.47 Å². The van der Waals surface area contributed by atoms with Crippen LogP contribution in [0.3, 0.4) is 0 Å². The zero-order valence-electron chi connectivity index (χ0n) is 17.5. The summed E-state index contributed by atoms with van der Waals surface area (Å²) in [6.07, 6.45) is 15.5. The average Bonchev–Trinajstić information content (AvgIpc) is 2.98. The molecule has 5 rings (SSSR count). The molecule has 27 heavy (non-hydrogen) atoms. The molecular formula is C24H40O3. The second kappa shape index (κ2) is 6.99. The van der Waals surface area contributed by atoms with Crippen molar-refractivity contribution < 1.29 is 14.6 Å². The first kappa shape index (κ1) is 18.9. The van der Waals surface area contributed by atoms with Gasteiger partial charge in [-0.05, 0) is 112 Å². The lowest BCUT2D eigenvalue weighted by molar-refractivity contribution is -0.212. The van der Waals surface area contributed by atoms with E-state index in [0.717, 1.165) is 43.1 Å². The molecule has 5 fully saturated rings. The van der Waals surface area contributed by atoms with Crippen molar-refractivity contribution in [1.29, 1.82) is 0 Å². The summed E-state index contributed by atoms with van der Waals surface area (Å²) in [6.45, 7) is 5.90. The van der Waals surface area contributed by atoms with Gasteiger partial charge in [-0.2, -0.15) is 0 Å². The van der Waals surface area contributed by atoms with E-state index >= 15 is 0 Å². The van der Waals surface area contributed by atoms with E-state index < -0.39 is 0 Å². The first-order chi connectivity index (χ1) is 13.0. The largest absolute Gasteiger partial charge is 0.393 e. The number of ether oxygens (including phenoxy) is 2. The van der Waals surface area contributed by atoms with Gasteiger partial charge in [0.2, 0.25) is 0 Å². The second-order valence-corrected chi connectivity index (χ2v) is 11.1. The maximum atomic E-state index is 10.6. The van der Waals surface area contributed by atoms with E-state index in [-0.39, 0.29) is 17.8 Å². The Labute approximate surface area is 165 Å². The van der Waals surface area contributed by atoms with Crippen LogP contribution in [0, 0.1) is 34.5 Å². The molecule has 0 spiro atoms. The molecular weight excluding hydrogens is 336 g/mol. The number of hydrogen-bond acceptors (Lipinski definition) is 3. The highest BCUT2D eigenvalue weighted by Crippen LogP contribution is 2.66. The molecule has 3 heteroatoms. The number of fused-ring (bicyclic) bond motifs is 5. The summed E-state index contributed by atoms with van der Waals surface area (Å²) in [5.74, 6) is 3.35. The molecule has 9 atom stereocenters. The van der Waals surface area contributed by atoms with Crippen LogP contribution in [-0.4, -0.2) is 30.2 Å². The Hall–Kier alpha value is -0.120. The highest BCUT2D eigenvalue weighted by Gasteiger charge is 2.60. The highest BCUT2D eigenvalue weighted by molar-refractivity contribution is 5.09. The molecule has 0 aromatic heterocycles. The first-order valence-corrected chi connectivity index (χ1v) is 12.0. The molecule has 4 aliphatic carbocycles. The van der Waals surface area contributed by atoms with Crippen molar-refractivity contribution >= 4 is 0 Å². The van der Waals surface area contributed by atoms with Crippen LogP contribution in [0.4, 0.5) is 0 Å². The van der Waals surface area contributed by atoms with Gasteiger partial charge in [0.15, 0.2) is 6.29 Å². The van der Waals surface area contributed by atoms with Gasteiger partial charge < -0.3 is 14.6 Å². The predicted molar refractivity (Wildman–Crippen MR) is 106 cm³/mol. The minimum Gasteiger partial charge on any atom is -0.393 e. The molecule has 0 amide bonds. The van der Waals surface area contributed by atoms with Gasteiger partial charge in [0.1, 0.15) is 0 Å². The molecule has 4 saturated carbocycles. The van der Waals surface area contributed by atoms with Crippen molar-refractivity contribution in [2.75, 3.05) is 6.61 Å². The smallest absolute Gasteiger partial charge is 0.157 e. The van der Waals surface area contributed by atoms with Crippen LogP contribution in [-0.2, 0) is 9.47 Å². The number of aliphatic hydroxyl groups is 1. The Morgan fingerprint density at radius 3 is 2.48 bits per heavy atom. The van der Waals surface area contributed by atoms with Gasteiger partial charge in [-0.25, -0.2) is 0 Å². The van der Waals surface area contributed by atoms with Crippen molar-refractivity contribution in [1.82, 2.24) is 0 Å². The van der Waals surface area contributed by atoms with Crippen LogP contribution < -0.4 is 0 Å². The third-order valence-corrected chi connectivity index (χ3v) is 10.0. The van der Waals surface area contributed by atoms with Crippen LogP contribution >= 0.6 is 0 Å². The minimum absolute atomic E-state index is 0.0476. The summed E-state index contributed by atoms with van der Waals surface area (Å²) < 4.78 is 12.3. The van der Waals surface area contributed by atoms with Gasteiger partial charge in [-0.1, -0.05) is 13.8 Å². The van der Waals surface area contributed by atoms with Crippen molar-refractivity contribution in [2.24, 2.45) is 34.5 Å². The van der Waals surface area contributed by atoms with Crippen molar-refractivity contribution in [3.63, 3.8) is 0 Å². The highest BCUT2D eigenvalue weighted by atomic mass is 16.7. The molecule has 0 aromatic rings. The lowest BCUT2D eigenvalue weighted by Crippen LogP contribution is -2.54. The number of aliphatic hydroxyl groups excluding tert-OH is 1. The van der Waals surface area contributed by atoms with Gasteiger partial charge in [-0.3, -0.25) is 0 Å². The summed E-state index contributed by atoms with van der Waals surface area (Å²) >= 11 is 0. The lowest BCUT2D eigenvalue weighted by Gasteiger charge is -2.61. The molecule has 0 aromatic carbocycles. The summed E-state index contributed by atoms with van der Waals surface area (Å²) in [5, 5.41) is 10.6. The van der Waals surface area contributed by atoms with E-state index in [1.54, 1.807) is 0 Å². The van der Waals surface area contributed by atoms with Crippen LogP contribution in [0.1, 0.15) is 90.9 Å². The average molecular weight is 377 g/mol.